The van der Waals surface area contributed by atoms with E-state index in [1.54, 1.807) is 29.1 Å². The fraction of sp³-hybridized carbons (Fsp3) is 0.267. The number of aldehydes is 1. The zero-order chi connectivity index (χ0) is 14.7. The fourth-order valence-corrected chi connectivity index (χ4v) is 2.25. The Morgan fingerprint density at radius 1 is 1.50 bits per heavy atom. The molecule has 0 N–H and O–H groups in total. The summed E-state index contributed by atoms with van der Waals surface area (Å²) in [7, 11) is 0. The lowest BCUT2D eigenvalue weighted by molar-refractivity contribution is 0.112. The van der Waals surface area contributed by atoms with Gasteiger partial charge in [-0.15, -0.1) is 0 Å². The lowest BCUT2D eigenvalue weighted by Crippen LogP contribution is -2.04. The van der Waals surface area contributed by atoms with Crippen molar-refractivity contribution in [2.24, 2.45) is 5.92 Å². The van der Waals surface area contributed by atoms with Crippen LogP contribution in [0.1, 0.15) is 29.8 Å². The maximum Gasteiger partial charge on any atom is 0.153 e. The van der Waals surface area contributed by atoms with Gasteiger partial charge in [0.1, 0.15) is 5.69 Å². The third-order valence-corrected chi connectivity index (χ3v) is 3.14. The highest BCUT2D eigenvalue weighted by Gasteiger charge is 2.14. The first-order valence-electron chi connectivity index (χ1n) is 6.27. The van der Waals surface area contributed by atoms with Gasteiger partial charge in [0.25, 0.3) is 0 Å². The number of halogens is 1. The van der Waals surface area contributed by atoms with E-state index in [1.807, 2.05) is 6.07 Å². The molecule has 2 rings (SSSR count). The van der Waals surface area contributed by atoms with Crippen molar-refractivity contribution < 1.29 is 4.79 Å². The number of aromatic nitrogens is 2. The first-order chi connectivity index (χ1) is 9.55. The fourth-order valence-electron chi connectivity index (χ4n) is 1.98. The van der Waals surface area contributed by atoms with E-state index in [1.165, 1.54) is 0 Å². The molecule has 0 spiro atoms. The molecule has 0 aliphatic rings. The molecule has 5 heteroatoms. The van der Waals surface area contributed by atoms with Crippen LogP contribution in [-0.4, -0.2) is 16.1 Å². The molecule has 1 aromatic heterocycles. The maximum absolute atomic E-state index is 11.2. The summed E-state index contributed by atoms with van der Waals surface area (Å²) in [4.78, 5) is 11.2. The van der Waals surface area contributed by atoms with Gasteiger partial charge in [-0.1, -0.05) is 25.4 Å². The number of hydrogen-bond acceptors (Lipinski definition) is 3. The molecule has 102 valence electrons. The first-order valence-corrected chi connectivity index (χ1v) is 6.65. The van der Waals surface area contributed by atoms with Crippen LogP contribution in [0.4, 0.5) is 0 Å². The van der Waals surface area contributed by atoms with Gasteiger partial charge < -0.3 is 0 Å². The summed E-state index contributed by atoms with van der Waals surface area (Å²) < 4.78 is 1.75. The van der Waals surface area contributed by atoms with Gasteiger partial charge in [-0.05, 0) is 24.1 Å². The van der Waals surface area contributed by atoms with Crippen LogP contribution in [0.25, 0.3) is 11.3 Å². The van der Waals surface area contributed by atoms with Gasteiger partial charge in [0.2, 0.25) is 0 Å². The highest BCUT2D eigenvalue weighted by atomic mass is 35.5. The van der Waals surface area contributed by atoms with Crippen LogP contribution in [0.15, 0.2) is 24.4 Å². The van der Waals surface area contributed by atoms with Gasteiger partial charge in [-0.25, -0.2) is 0 Å². The topological polar surface area (TPSA) is 58.7 Å². The summed E-state index contributed by atoms with van der Waals surface area (Å²) in [6.45, 7) is 4.89. The Morgan fingerprint density at radius 2 is 2.25 bits per heavy atom. The van der Waals surface area contributed by atoms with E-state index in [4.69, 9.17) is 16.9 Å². The number of hydrogen-bond donors (Lipinski definition) is 0. The van der Waals surface area contributed by atoms with Gasteiger partial charge in [0, 0.05) is 18.3 Å². The summed E-state index contributed by atoms with van der Waals surface area (Å²) in [6.07, 6.45) is 2.49. The van der Waals surface area contributed by atoms with Crippen LogP contribution in [0, 0.1) is 17.2 Å². The minimum absolute atomic E-state index is 0.418. The minimum atomic E-state index is 0.418. The Balaban J connectivity index is 2.49. The lowest BCUT2D eigenvalue weighted by Gasteiger charge is -2.04. The van der Waals surface area contributed by atoms with Crippen LogP contribution < -0.4 is 0 Å². The second kappa shape index (κ2) is 5.89. The van der Waals surface area contributed by atoms with Crippen LogP contribution in [0.2, 0.25) is 5.02 Å². The van der Waals surface area contributed by atoms with Crippen molar-refractivity contribution in [2.45, 2.75) is 20.4 Å². The van der Waals surface area contributed by atoms with Crippen LogP contribution >= 0.6 is 11.6 Å². The average molecular weight is 288 g/mol. The zero-order valence-corrected chi connectivity index (χ0v) is 12.1. The van der Waals surface area contributed by atoms with E-state index in [-0.39, 0.29) is 0 Å². The lowest BCUT2D eigenvalue weighted by atomic mass is 10.1. The molecule has 1 aromatic carbocycles. The molecule has 2 aromatic rings. The van der Waals surface area contributed by atoms with Crippen molar-refractivity contribution in [3.05, 3.63) is 40.5 Å². The number of carbonyl (C=O) groups excluding carboxylic acids is 1. The van der Waals surface area contributed by atoms with Crippen molar-refractivity contribution in [2.75, 3.05) is 0 Å². The number of nitrogens with zero attached hydrogens (tertiary/aromatic N) is 3. The molecular formula is C15H14ClN3O. The highest BCUT2D eigenvalue weighted by molar-refractivity contribution is 6.33. The van der Waals surface area contributed by atoms with E-state index in [9.17, 15) is 4.79 Å². The molecule has 0 unspecified atom stereocenters. The molecule has 0 saturated carbocycles. The molecule has 1 heterocycles. The molecule has 0 bridgehead atoms. The molecule has 4 nitrogen and oxygen atoms in total. The Labute approximate surface area is 122 Å². The molecular weight excluding hydrogens is 274 g/mol. The smallest absolute Gasteiger partial charge is 0.153 e. The molecule has 0 radical (unpaired) electrons. The van der Waals surface area contributed by atoms with Crippen molar-refractivity contribution in [1.82, 2.24) is 9.78 Å². The summed E-state index contributed by atoms with van der Waals surface area (Å²) >= 11 is 6.17. The Bertz CT molecular complexity index is 683. The van der Waals surface area contributed by atoms with Crippen LogP contribution in [0.5, 0.6) is 0 Å². The molecule has 0 amide bonds. The van der Waals surface area contributed by atoms with Crippen LogP contribution in [-0.2, 0) is 6.54 Å². The van der Waals surface area contributed by atoms with Gasteiger partial charge in [0.05, 0.1) is 22.2 Å². The summed E-state index contributed by atoms with van der Waals surface area (Å²) in [5.41, 5.74) is 2.19. The number of nitriles is 1. The van der Waals surface area contributed by atoms with E-state index in [2.05, 4.69) is 18.9 Å². The third kappa shape index (κ3) is 2.89. The summed E-state index contributed by atoms with van der Waals surface area (Å²) in [6, 6.07) is 6.99. The molecule has 0 fully saturated rings. The normalized spacial score (nSPS) is 10.6. The Kier molecular flexibility index (Phi) is 4.21. The molecule has 0 saturated heterocycles. The SMILES string of the molecule is CC(C)Cn1cc(C=O)c(-c2ccc(C#N)cc2Cl)n1. The quantitative estimate of drug-likeness (QED) is 0.808. The molecule has 0 aliphatic heterocycles. The first kappa shape index (κ1) is 14.3. The molecule has 0 atom stereocenters. The van der Waals surface area contributed by atoms with Crippen molar-refractivity contribution in [3.63, 3.8) is 0 Å². The average Bonchev–Trinajstić information content (AvgIpc) is 2.80. The van der Waals surface area contributed by atoms with Gasteiger partial charge >= 0.3 is 0 Å². The Morgan fingerprint density at radius 3 is 2.80 bits per heavy atom. The van der Waals surface area contributed by atoms with E-state index < -0.39 is 0 Å². The minimum Gasteiger partial charge on any atom is -0.298 e. The van der Waals surface area contributed by atoms with E-state index >= 15 is 0 Å². The van der Waals surface area contributed by atoms with Crippen molar-refractivity contribution in [3.8, 4) is 17.3 Å². The zero-order valence-electron chi connectivity index (χ0n) is 11.3. The summed E-state index contributed by atoms with van der Waals surface area (Å²) in [5, 5.41) is 13.7. The second-order valence-electron chi connectivity index (χ2n) is 4.97. The summed E-state index contributed by atoms with van der Waals surface area (Å²) in [5.74, 6) is 0.429. The predicted molar refractivity (Wildman–Crippen MR) is 77.6 cm³/mol. The highest BCUT2D eigenvalue weighted by Crippen LogP contribution is 2.29. The van der Waals surface area contributed by atoms with Gasteiger partial charge in [0.15, 0.2) is 6.29 Å². The van der Waals surface area contributed by atoms with E-state index in [0.717, 1.165) is 12.8 Å². The van der Waals surface area contributed by atoms with E-state index in [0.29, 0.717) is 33.3 Å². The second-order valence-corrected chi connectivity index (χ2v) is 5.38. The third-order valence-electron chi connectivity index (χ3n) is 2.82. The predicted octanol–water partition coefficient (Wildman–Crippen LogP) is 3.54. The van der Waals surface area contributed by atoms with Crippen molar-refractivity contribution in [1.29, 1.82) is 5.26 Å². The largest absolute Gasteiger partial charge is 0.298 e. The van der Waals surface area contributed by atoms with Gasteiger partial charge in [-0.2, -0.15) is 10.4 Å². The molecule has 20 heavy (non-hydrogen) atoms. The van der Waals surface area contributed by atoms with Gasteiger partial charge in [-0.3, -0.25) is 9.48 Å². The number of rotatable bonds is 4. The number of carbonyl (C=O) groups is 1. The standard InChI is InChI=1S/C15H14ClN3O/c1-10(2)7-19-8-12(9-20)15(18-19)13-4-3-11(6-17)5-14(13)16/h3-5,8-10H,7H2,1-2H3. The molecule has 0 aliphatic carbocycles. The van der Waals surface area contributed by atoms with Crippen LogP contribution in [0.3, 0.4) is 0 Å². The number of benzene rings is 1. The maximum atomic E-state index is 11.2. The van der Waals surface area contributed by atoms with Crippen molar-refractivity contribution >= 4 is 17.9 Å². The Hall–Kier alpha value is -2.12. The monoisotopic (exact) mass is 287 g/mol.